The van der Waals surface area contributed by atoms with E-state index in [1.165, 1.54) is 22.9 Å². The molecule has 0 bridgehead atoms. The van der Waals surface area contributed by atoms with Crippen molar-refractivity contribution in [2.45, 2.75) is 32.1 Å². The number of hydrogen-bond acceptors (Lipinski definition) is 4. The van der Waals surface area contributed by atoms with Gasteiger partial charge in [0.1, 0.15) is 11.6 Å². The van der Waals surface area contributed by atoms with Crippen molar-refractivity contribution in [1.29, 1.82) is 0 Å². The number of nitrogens with one attached hydrogen (secondary N) is 2. The summed E-state index contributed by atoms with van der Waals surface area (Å²) in [6.07, 6.45) is 5.11. The van der Waals surface area contributed by atoms with Gasteiger partial charge in [-0.3, -0.25) is 0 Å². The lowest BCUT2D eigenvalue weighted by atomic mass is 9.85. The molecule has 2 heterocycles. The number of anilines is 2. The first-order valence-corrected chi connectivity index (χ1v) is 10.6. The number of hydrogen-bond donors (Lipinski definition) is 2. The van der Waals surface area contributed by atoms with E-state index in [0.717, 1.165) is 29.4 Å². The highest BCUT2D eigenvalue weighted by Gasteiger charge is 2.26. The second kappa shape index (κ2) is 7.44. The Morgan fingerprint density at radius 3 is 2.76 bits per heavy atom. The molecule has 1 atom stereocenters. The number of rotatable bonds is 4. The largest absolute Gasteiger partial charge is 0.344 e. The zero-order valence-corrected chi connectivity index (χ0v) is 16.9. The zero-order valence-electron chi connectivity index (χ0n) is 16.1. The second-order valence-corrected chi connectivity index (χ2v) is 8.48. The molecule has 146 valence electrons. The molecule has 2 N–H and O–H groups in total. The first kappa shape index (κ1) is 18.1. The molecule has 0 saturated carbocycles. The number of H-pyrrole nitrogens is 1. The maximum atomic E-state index is 14.6. The average molecular weight is 405 g/mol. The van der Waals surface area contributed by atoms with Gasteiger partial charge in [0.25, 0.3) is 0 Å². The molecular formula is C23H21FN4S. The molecule has 1 aliphatic carbocycles. The van der Waals surface area contributed by atoms with Crippen LogP contribution in [0.2, 0.25) is 0 Å². The highest BCUT2D eigenvalue weighted by Crippen LogP contribution is 2.41. The highest BCUT2D eigenvalue weighted by molar-refractivity contribution is 7.15. The van der Waals surface area contributed by atoms with Crippen molar-refractivity contribution < 1.29 is 4.39 Å². The summed E-state index contributed by atoms with van der Waals surface area (Å²) in [5, 5.41) is 4.11. The van der Waals surface area contributed by atoms with Crippen LogP contribution in [0.3, 0.4) is 0 Å². The van der Waals surface area contributed by atoms with E-state index in [1.807, 2.05) is 19.1 Å². The summed E-state index contributed by atoms with van der Waals surface area (Å²) in [5.41, 5.74) is 4.47. The van der Waals surface area contributed by atoms with Gasteiger partial charge in [0.2, 0.25) is 0 Å². The maximum Gasteiger partial charge on any atom is 0.187 e. The lowest BCUT2D eigenvalue weighted by Crippen LogP contribution is -2.09. The predicted octanol–water partition coefficient (Wildman–Crippen LogP) is 6.19. The third-order valence-corrected chi connectivity index (χ3v) is 6.38. The van der Waals surface area contributed by atoms with Gasteiger partial charge in [0, 0.05) is 22.7 Å². The fourth-order valence-electron chi connectivity index (χ4n) is 3.94. The van der Waals surface area contributed by atoms with E-state index in [-0.39, 0.29) is 5.82 Å². The quantitative estimate of drug-likeness (QED) is 0.426. The number of thiazole rings is 1. The number of halogens is 1. The minimum absolute atomic E-state index is 0.312. The van der Waals surface area contributed by atoms with Crippen molar-refractivity contribution in [2.75, 3.05) is 5.32 Å². The number of nitrogens with zero attached hydrogens (tertiary/aromatic N) is 2. The molecule has 29 heavy (non-hydrogen) atoms. The summed E-state index contributed by atoms with van der Waals surface area (Å²) < 4.78 is 14.6. The van der Waals surface area contributed by atoms with E-state index in [4.69, 9.17) is 4.98 Å². The van der Waals surface area contributed by atoms with Crippen molar-refractivity contribution >= 4 is 22.2 Å². The summed E-state index contributed by atoms with van der Waals surface area (Å²) in [6.45, 7) is 1.88. The topological polar surface area (TPSA) is 53.6 Å². The summed E-state index contributed by atoms with van der Waals surface area (Å²) in [6, 6.07) is 15.7. The highest BCUT2D eigenvalue weighted by atomic mass is 32.1. The monoisotopic (exact) mass is 404 g/mol. The van der Waals surface area contributed by atoms with Crippen LogP contribution in [0.25, 0.3) is 11.4 Å². The van der Waals surface area contributed by atoms with Crippen molar-refractivity contribution in [3.63, 3.8) is 0 Å². The van der Waals surface area contributed by atoms with Crippen molar-refractivity contribution in [1.82, 2.24) is 15.0 Å². The third kappa shape index (κ3) is 3.56. The van der Waals surface area contributed by atoms with Gasteiger partial charge in [-0.25, -0.2) is 14.4 Å². The van der Waals surface area contributed by atoms with Crippen molar-refractivity contribution in [3.8, 4) is 11.4 Å². The number of aromatic nitrogens is 3. The molecule has 2 aromatic carbocycles. The molecule has 0 amide bonds. The van der Waals surface area contributed by atoms with E-state index >= 15 is 0 Å². The van der Waals surface area contributed by atoms with Gasteiger partial charge in [0.05, 0.1) is 17.0 Å². The standard InChI is InChI=1S/C23H21FN4S/c1-14-13-25-22(26-14)18-11-10-16(12-19(18)24)27-23-28-21-17(8-5-9-20(21)29-23)15-6-3-2-4-7-15/h2-4,6-7,10-13,17H,5,8-9H2,1H3,(H,25,26)(H,27,28). The van der Waals surface area contributed by atoms with Crippen LogP contribution >= 0.6 is 11.3 Å². The molecule has 1 aliphatic rings. The maximum absolute atomic E-state index is 14.6. The smallest absolute Gasteiger partial charge is 0.187 e. The van der Waals surface area contributed by atoms with Crippen LogP contribution in [0.5, 0.6) is 0 Å². The Bertz CT molecular complexity index is 1150. The minimum atomic E-state index is -0.312. The van der Waals surface area contributed by atoms with Gasteiger partial charge in [-0.05, 0) is 49.9 Å². The van der Waals surface area contributed by atoms with Crippen LogP contribution in [0.15, 0.2) is 54.7 Å². The molecule has 0 spiro atoms. The van der Waals surface area contributed by atoms with Crippen molar-refractivity contribution in [2.24, 2.45) is 0 Å². The Kier molecular flexibility index (Phi) is 4.64. The molecule has 0 fully saturated rings. The SMILES string of the molecule is Cc1c[nH]c(-c2ccc(Nc3nc4c(s3)CCCC4c3ccccc3)cc2F)n1. The molecule has 2 aromatic heterocycles. The Balaban J connectivity index is 1.41. The Morgan fingerprint density at radius 1 is 1.14 bits per heavy atom. The van der Waals surface area contributed by atoms with E-state index in [1.54, 1.807) is 23.6 Å². The van der Waals surface area contributed by atoms with Crippen LogP contribution < -0.4 is 5.32 Å². The molecule has 0 saturated heterocycles. The first-order chi connectivity index (χ1) is 14.2. The molecule has 5 rings (SSSR count). The normalized spacial score (nSPS) is 15.9. The van der Waals surface area contributed by atoms with Crippen LogP contribution in [0.1, 0.15) is 40.6 Å². The Labute approximate surface area is 172 Å². The molecule has 6 heteroatoms. The zero-order chi connectivity index (χ0) is 19.8. The van der Waals surface area contributed by atoms with Gasteiger partial charge < -0.3 is 10.3 Å². The van der Waals surface area contributed by atoms with E-state index in [2.05, 4.69) is 39.6 Å². The fourth-order valence-corrected chi connectivity index (χ4v) is 5.03. The van der Waals surface area contributed by atoms with Gasteiger partial charge in [-0.2, -0.15) is 0 Å². The van der Waals surface area contributed by atoms with Gasteiger partial charge in [0.15, 0.2) is 5.13 Å². The van der Waals surface area contributed by atoms with E-state index in [9.17, 15) is 4.39 Å². The summed E-state index contributed by atoms with van der Waals surface area (Å²) >= 11 is 1.68. The number of benzene rings is 2. The van der Waals surface area contributed by atoms with Gasteiger partial charge in [-0.1, -0.05) is 30.3 Å². The number of aryl methyl sites for hydroxylation is 2. The second-order valence-electron chi connectivity index (χ2n) is 7.39. The molecule has 4 nitrogen and oxygen atoms in total. The molecular weight excluding hydrogens is 383 g/mol. The number of aromatic amines is 1. The Morgan fingerprint density at radius 2 is 2.00 bits per heavy atom. The molecule has 0 radical (unpaired) electrons. The van der Waals surface area contributed by atoms with Gasteiger partial charge >= 0.3 is 0 Å². The molecule has 4 aromatic rings. The lowest BCUT2D eigenvalue weighted by Gasteiger charge is -2.21. The predicted molar refractivity (Wildman–Crippen MR) is 115 cm³/mol. The molecule has 1 unspecified atom stereocenters. The molecule has 0 aliphatic heterocycles. The third-order valence-electron chi connectivity index (χ3n) is 5.34. The van der Waals surface area contributed by atoms with E-state index < -0.39 is 0 Å². The van der Waals surface area contributed by atoms with E-state index in [0.29, 0.717) is 23.0 Å². The lowest BCUT2D eigenvalue weighted by molar-refractivity contribution is 0.610. The minimum Gasteiger partial charge on any atom is -0.344 e. The van der Waals surface area contributed by atoms with Crippen LogP contribution in [0, 0.1) is 12.7 Å². The summed E-state index contributed by atoms with van der Waals surface area (Å²) in [7, 11) is 0. The van der Waals surface area contributed by atoms with Crippen molar-refractivity contribution in [3.05, 3.63) is 82.4 Å². The number of imidazole rings is 1. The number of fused-ring (bicyclic) bond motifs is 1. The average Bonchev–Trinajstić information content (AvgIpc) is 3.34. The Hall–Kier alpha value is -2.99. The summed E-state index contributed by atoms with van der Waals surface area (Å²) in [5.74, 6) is 0.572. The van der Waals surface area contributed by atoms with Gasteiger partial charge in [-0.15, -0.1) is 11.3 Å². The van der Waals surface area contributed by atoms with Crippen LogP contribution in [-0.4, -0.2) is 15.0 Å². The first-order valence-electron chi connectivity index (χ1n) is 9.81. The van der Waals surface area contributed by atoms with Crippen LogP contribution in [-0.2, 0) is 6.42 Å². The van der Waals surface area contributed by atoms with Crippen LogP contribution in [0.4, 0.5) is 15.2 Å². The summed E-state index contributed by atoms with van der Waals surface area (Å²) in [4.78, 5) is 13.5. The fraction of sp³-hybridized carbons (Fsp3) is 0.217.